The molecule has 0 aromatic rings. The molecule has 0 bridgehead atoms. The molecule has 0 unspecified atom stereocenters. The molecule has 0 radical (unpaired) electrons. The summed E-state index contributed by atoms with van der Waals surface area (Å²) >= 11 is 0. The standard InChI is InChI=1S/C26H36O18/c1-10(28)36-19-17(8-27)43-25(23(40-14(5)32)21(19)38-12(3)30)35-9-18-20(37-11(2)29)22(39-13(4)31)24(41-15(6)33)26(44-18)42-16(7)34/h17-27H,8-9H2,1-7H3/t17-,18-,19-,20-,21+,22+,23-,24-,25-,26-/m1/s1. The summed E-state index contributed by atoms with van der Waals surface area (Å²) in [6.45, 7) is 5.83. The van der Waals surface area contributed by atoms with E-state index in [-0.39, 0.29) is 0 Å². The Hall–Kier alpha value is -3.87. The molecular formula is C26H36O18. The second kappa shape index (κ2) is 16.3. The molecule has 0 aliphatic carbocycles. The molecule has 2 rings (SSSR count). The fourth-order valence-corrected chi connectivity index (χ4v) is 4.57. The van der Waals surface area contributed by atoms with Crippen molar-refractivity contribution in [1.29, 1.82) is 0 Å². The molecule has 2 aliphatic rings. The number of esters is 7. The Labute approximate surface area is 251 Å². The molecule has 2 heterocycles. The number of aliphatic hydroxyl groups excluding tert-OH is 1. The molecule has 44 heavy (non-hydrogen) atoms. The van der Waals surface area contributed by atoms with Gasteiger partial charge in [-0.05, 0) is 0 Å². The second-order valence-electron chi connectivity index (χ2n) is 9.66. The topological polar surface area (TPSA) is 232 Å². The lowest BCUT2D eigenvalue weighted by molar-refractivity contribution is -0.330. The molecule has 18 heteroatoms. The quantitative estimate of drug-likeness (QED) is 0.203. The van der Waals surface area contributed by atoms with Gasteiger partial charge in [0.05, 0.1) is 13.2 Å². The van der Waals surface area contributed by atoms with Crippen molar-refractivity contribution in [1.82, 2.24) is 0 Å². The van der Waals surface area contributed by atoms with E-state index in [4.69, 9.17) is 47.4 Å². The van der Waals surface area contributed by atoms with Gasteiger partial charge in [0.2, 0.25) is 12.4 Å². The summed E-state index contributed by atoms with van der Waals surface area (Å²) in [4.78, 5) is 83.5. The third-order valence-electron chi connectivity index (χ3n) is 5.88. The van der Waals surface area contributed by atoms with Crippen LogP contribution in [0.15, 0.2) is 0 Å². The predicted molar refractivity (Wildman–Crippen MR) is 135 cm³/mol. The van der Waals surface area contributed by atoms with E-state index < -0.39 is 116 Å². The van der Waals surface area contributed by atoms with Crippen LogP contribution in [0.2, 0.25) is 0 Å². The first kappa shape index (κ1) is 36.3. The van der Waals surface area contributed by atoms with E-state index in [0.29, 0.717) is 0 Å². The highest BCUT2D eigenvalue weighted by molar-refractivity contribution is 5.70. The van der Waals surface area contributed by atoms with Crippen LogP contribution in [0.25, 0.3) is 0 Å². The summed E-state index contributed by atoms with van der Waals surface area (Å²) < 4.78 is 54.1. The van der Waals surface area contributed by atoms with Gasteiger partial charge in [0.25, 0.3) is 0 Å². The first-order valence-corrected chi connectivity index (χ1v) is 13.3. The van der Waals surface area contributed by atoms with Gasteiger partial charge in [-0.1, -0.05) is 0 Å². The molecule has 248 valence electrons. The van der Waals surface area contributed by atoms with Crippen LogP contribution >= 0.6 is 0 Å². The van der Waals surface area contributed by atoms with Crippen LogP contribution < -0.4 is 0 Å². The van der Waals surface area contributed by atoms with E-state index in [1.54, 1.807) is 0 Å². The molecule has 10 atom stereocenters. The lowest BCUT2D eigenvalue weighted by Crippen LogP contribution is -2.65. The summed E-state index contributed by atoms with van der Waals surface area (Å²) in [5, 5.41) is 9.97. The fourth-order valence-electron chi connectivity index (χ4n) is 4.57. The Kier molecular flexibility index (Phi) is 13.4. The number of ether oxygens (including phenoxy) is 10. The minimum atomic E-state index is -1.69. The van der Waals surface area contributed by atoms with Gasteiger partial charge in [-0.3, -0.25) is 33.6 Å². The molecule has 0 amide bonds. The molecule has 2 aliphatic heterocycles. The zero-order chi connectivity index (χ0) is 33.3. The van der Waals surface area contributed by atoms with Gasteiger partial charge in [-0.2, -0.15) is 0 Å². The maximum Gasteiger partial charge on any atom is 0.305 e. The summed E-state index contributed by atoms with van der Waals surface area (Å²) in [6, 6.07) is 0. The van der Waals surface area contributed by atoms with Crippen molar-refractivity contribution in [3.05, 3.63) is 0 Å². The summed E-state index contributed by atoms with van der Waals surface area (Å²) in [5.74, 6) is -6.09. The van der Waals surface area contributed by atoms with E-state index in [2.05, 4.69) is 0 Å². The van der Waals surface area contributed by atoms with Gasteiger partial charge in [0.15, 0.2) is 36.8 Å². The van der Waals surface area contributed by atoms with Gasteiger partial charge in [-0.15, -0.1) is 0 Å². The van der Waals surface area contributed by atoms with Crippen LogP contribution in [0.1, 0.15) is 48.5 Å². The number of carbonyl (C=O) groups excluding carboxylic acids is 7. The van der Waals surface area contributed by atoms with Crippen LogP contribution in [-0.2, 0) is 80.9 Å². The molecule has 18 nitrogen and oxygen atoms in total. The van der Waals surface area contributed by atoms with Crippen LogP contribution in [0.3, 0.4) is 0 Å². The van der Waals surface area contributed by atoms with Crippen molar-refractivity contribution in [3.8, 4) is 0 Å². The smallest absolute Gasteiger partial charge is 0.305 e. The zero-order valence-electron chi connectivity index (χ0n) is 25.1. The third-order valence-corrected chi connectivity index (χ3v) is 5.88. The average molecular weight is 637 g/mol. The Bertz CT molecular complexity index is 1090. The Morgan fingerprint density at radius 2 is 0.773 bits per heavy atom. The number of carbonyl (C=O) groups is 7. The largest absolute Gasteiger partial charge is 0.456 e. The highest BCUT2D eigenvalue weighted by atomic mass is 16.8. The highest BCUT2D eigenvalue weighted by Crippen LogP contribution is 2.33. The van der Waals surface area contributed by atoms with Gasteiger partial charge in [0, 0.05) is 48.5 Å². The maximum atomic E-state index is 12.1. The van der Waals surface area contributed by atoms with Crippen molar-refractivity contribution >= 4 is 41.8 Å². The molecule has 0 aromatic carbocycles. The van der Waals surface area contributed by atoms with Crippen molar-refractivity contribution in [3.63, 3.8) is 0 Å². The van der Waals surface area contributed by atoms with E-state index in [1.165, 1.54) is 0 Å². The Morgan fingerprint density at radius 1 is 0.455 bits per heavy atom. The average Bonchev–Trinajstić information content (AvgIpc) is 2.87. The predicted octanol–water partition coefficient (Wildman–Crippen LogP) is -1.40. The lowest BCUT2D eigenvalue weighted by atomic mass is 9.97. The highest BCUT2D eigenvalue weighted by Gasteiger charge is 2.55. The summed E-state index contributed by atoms with van der Waals surface area (Å²) in [7, 11) is 0. The number of rotatable bonds is 11. The number of hydrogen-bond donors (Lipinski definition) is 1. The zero-order valence-corrected chi connectivity index (χ0v) is 25.1. The fraction of sp³-hybridized carbons (Fsp3) is 0.731. The second-order valence-corrected chi connectivity index (χ2v) is 9.66. The monoisotopic (exact) mass is 636 g/mol. The van der Waals surface area contributed by atoms with E-state index in [9.17, 15) is 38.7 Å². The van der Waals surface area contributed by atoms with Crippen molar-refractivity contribution < 1.29 is 86.0 Å². The minimum absolute atomic E-state index is 0.647. The van der Waals surface area contributed by atoms with Gasteiger partial charge < -0.3 is 52.5 Å². The Balaban J connectivity index is 2.51. The minimum Gasteiger partial charge on any atom is -0.456 e. The van der Waals surface area contributed by atoms with Crippen molar-refractivity contribution in [2.75, 3.05) is 13.2 Å². The third kappa shape index (κ3) is 10.4. The normalized spacial score (nSPS) is 31.5. The van der Waals surface area contributed by atoms with Gasteiger partial charge in [0.1, 0.15) is 12.2 Å². The molecule has 2 fully saturated rings. The first-order chi connectivity index (χ1) is 20.5. The molecule has 1 N–H and O–H groups in total. The summed E-state index contributed by atoms with van der Waals surface area (Å²) in [6.07, 6.45) is -15.4. The van der Waals surface area contributed by atoms with E-state index >= 15 is 0 Å². The number of hydrogen-bond acceptors (Lipinski definition) is 18. The van der Waals surface area contributed by atoms with Crippen molar-refractivity contribution in [2.45, 2.75) is 110 Å². The molecule has 0 spiro atoms. The molecule has 0 aromatic heterocycles. The van der Waals surface area contributed by atoms with Crippen LogP contribution in [-0.4, -0.2) is 122 Å². The maximum absolute atomic E-state index is 12.1. The molecule has 2 saturated heterocycles. The van der Waals surface area contributed by atoms with Gasteiger partial charge >= 0.3 is 41.8 Å². The van der Waals surface area contributed by atoms with Crippen molar-refractivity contribution in [2.24, 2.45) is 0 Å². The molecular weight excluding hydrogens is 600 g/mol. The first-order valence-electron chi connectivity index (χ1n) is 13.3. The van der Waals surface area contributed by atoms with Gasteiger partial charge in [-0.25, -0.2) is 0 Å². The van der Waals surface area contributed by atoms with Crippen LogP contribution in [0.4, 0.5) is 0 Å². The summed E-state index contributed by atoms with van der Waals surface area (Å²) in [5.41, 5.74) is 0. The van der Waals surface area contributed by atoms with Crippen LogP contribution in [0.5, 0.6) is 0 Å². The van der Waals surface area contributed by atoms with Crippen LogP contribution in [0, 0.1) is 0 Å². The molecule has 0 saturated carbocycles. The SMILES string of the molecule is CC(=O)O[C@@H]1O[C@H](CO[C@@H]2O[C@H](CO)[C@@H](OC(C)=O)[C@H](OC(C)=O)[C@H]2OC(C)=O)[C@@H](OC(C)=O)[C@H](OC(C)=O)[C@H]1OC(C)=O. The lowest BCUT2D eigenvalue weighted by Gasteiger charge is -2.46. The van der Waals surface area contributed by atoms with E-state index in [1.807, 2.05) is 0 Å². The van der Waals surface area contributed by atoms with E-state index in [0.717, 1.165) is 48.5 Å². The Morgan fingerprint density at radius 3 is 1.16 bits per heavy atom. The number of aliphatic hydroxyl groups is 1.